The number of aryl methyl sites for hydroxylation is 1. The van der Waals surface area contributed by atoms with E-state index in [4.69, 9.17) is 23.7 Å². The van der Waals surface area contributed by atoms with Crippen molar-refractivity contribution >= 4 is 34.4 Å². The van der Waals surface area contributed by atoms with Crippen LogP contribution in [0.15, 0.2) is 24.3 Å². The molecule has 0 amide bonds. The van der Waals surface area contributed by atoms with Gasteiger partial charge in [-0.2, -0.15) is 11.8 Å². The number of benzene rings is 3. The molecule has 3 N–H and O–H groups in total. The molecule has 1 aromatic heterocycles. The Kier molecular flexibility index (Phi) is 7.66. The largest absolute Gasteiger partial charge is 0.504 e. The first kappa shape index (κ1) is 35.0. The minimum absolute atomic E-state index is 0.0178. The number of rotatable bonds is 6. The third kappa shape index (κ3) is 4.24. The van der Waals surface area contributed by atoms with Crippen molar-refractivity contribution in [2.24, 2.45) is 0 Å². The zero-order chi connectivity index (χ0) is 38.4. The van der Waals surface area contributed by atoms with E-state index in [-0.39, 0.29) is 36.5 Å². The van der Waals surface area contributed by atoms with Gasteiger partial charge in [0.15, 0.2) is 28.8 Å². The van der Waals surface area contributed by atoms with Crippen molar-refractivity contribution in [2.45, 2.75) is 87.5 Å². The maximum absolute atomic E-state index is 16.4. The Hall–Kier alpha value is -4.43. The van der Waals surface area contributed by atoms with Crippen LogP contribution in [0.25, 0.3) is 10.9 Å². The Balaban J connectivity index is 1.28. The van der Waals surface area contributed by atoms with Crippen LogP contribution in [-0.2, 0) is 21.4 Å². The van der Waals surface area contributed by atoms with Crippen molar-refractivity contribution in [3.8, 4) is 34.5 Å². The van der Waals surface area contributed by atoms with Crippen LogP contribution in [0.5, 0.6) is 34.5 Å². The lowest BCUT2D eigenvalue weighted by Crippen LogP contribution is -2.62. The Bertz CT molecular complexity index is 2360. The van der Waals surface area contributed by atoms with Gasteiger partial charge >= 0.3 is 5.97 Å². The Morgan fingerprint density at radius 1 is 1.07 bits per heavy atom. The zero-order valence-electron chi connectivity index (χ0n) is 32.3. The van der Waals surface area contributed by atoms with Gasteiger partial charge in [-0.05, 0) is 81.8 Å². The first-order valence-corrected chi connectivity index (χ1v) is 20.3. The van der Waals surface area contributed by atoms with Gasteiger partial charge in [-0.1, -0.05) is 6.07 Å². The number of ketones is 1. The van der Waals surface area contributed by atoms with E-state index in [9.17, 15) is 9.90 Å². The maximum Gasteiger partial charge on any atom is 0.308 e. The number of ether oxygens (including phenoxy) is 5. The summed E-state index contributed by atoms with van der Waals surface area (Å²) in [7, 11) is 5.40. The Labute approximate surface area is 323 Å². The molecule has 0 radical (unpaired) electrons. The van der Waals surface area contributed by atoms with E-state index in [1.165, 1.54) is 6.92 Å². The highest BCUT2D eigenvalue weighted by atomic mass is 32.2. The van der Waals surface area contributed by atoms with Crippen molar-refractivity contribution in [1.29, 1.82) is 0 Å². The number of H-pyrrole nitrogens is 1. The van der Waals surface area contributed by atoms with Gasteiger partial charge in [0, 0.05) is 75.7 Å². The lowest BCUT2D eigenvalue weighted by Gasteiger charge is -2.58. The fourth-order valence-electron chi connectivity index (χ4n) is 11.5. The monoisotopic (exact) mass is 766 g/mol. The number of hydrogen-bond donors (Lipinski definition) is 3. The molecule has 8 atom stereocenters. The smallest absolute Gasteiger partial charge is 0.308 e. The molecule has 13 heteroatoms. The number of aromatic hydroxyl groups is 1. The molecule has 1 unspecified atom stereocenters. The molecule has 2 bridgehead atoms. The second-order valence-electron chi connectivity index (χ2n) is 16.0. The van der Waals surface area contributed by atoms with E-state index in [1.54, 1.807) is 26.0 Å². The highest BCUT2D eigenvalue weighted by molar-refractivity contribution is 7.99. The standard InChI is InChI=1S/C42H46N4O8S/c1-17-13-24-27-15-26(45(27)5)19(3)46-33(28(24)34(48)35(17)51-7)41(55-8)42(30-29(39(42)46)38-37(52-16-53-38)18(2)36(30)54-20(4)47)40(49)32-31-22(11-12-43-32)23-14-21(50-6)9-10-25(23)44-31/h9-10,13-14,19,26-27,32-33,39,41,43-44,48H,11-12,15-16H2,1-8H3/t19-,26+,27?,32+,33+,39-,41-,42-/m0/s1. The van der Waals surface area contributed by atoms with Crippen molar-refractivity contribution in [3.63, 3.8) is 0 Å². The molecule has 7 aliphatic rings. The molecule has 1 aliphatic carbocycles. The lowest BCUT2D eigenvalue weighted by molar-refractivity contribution is -0.134. The Morgan fingerprint density at radius 2 is 1.85 bits per heavy atom. The molecule has 2 saturated heterocycles. The number of methoxy groups -OCH3 is 2. The van der Waals surface area contributed by atoms with E-state index in [1.807, 2.05) is 32.0 Å². The fourth-order valence-corrected chi connectivity index (χ4v) is 12.7. The van der Waals surface area contributed by atoms with Gasteiger partial charge in [0.1, 0.15) is 17.5 Å². The summed E-state index contributed by atoms with van der Waals surface area (Å²) < 4.78 is 30.1. The molecule has 12 nitrogen and oxygen atoms in total. The topological polar surface area (TPSA) is 135 Å². The number of carbonyl (C=O) groups excluding carboxylic acids is 2. The summed E-state index contributed by atoms with van der Waals surface area (Å²) in [6.45, 7) is 8.09. The van der Waals surface area contributed by atoms with Crippen molar-refractivity contribution < 1.29 is 38.4 Å². The number of fused-ring (bicyclic) bond motifs is 9. The number of likely N-dealkylation sites (N-methyl/N-ethyl adjacent to an activating group) is 1. The minimum Gasteiger partial charge on any atom is -0.504 e. The van der Waals surface area contributed by atoms with E-state index in [2.05, 4.69) is 46.4 Å². The lowest BCUT2D eigenvalue weighted by atomic mass is 9.54. The van der Waals surface area contributed by atoms with E-state index in [0.717, 1.165) is 63.0 Å². The van der Waals surface area contributed by atoms with Crippen LogP contribution < -0.4 is 29.0 Å². The van der Waals surface area contributed by atoms with Crippen LogP contribution in [0.1, 0.15) is 89.1 Å². The predicted molar refractivity (Wildman–Crippen MR) is 207 cm³/mol. The summed E-state index contributed by atoms with van der Waals surface area (Å²) in [5.74, 6) is 2.26. The Morgan fingerprint density at radius 3 is 2.56 bits per heavy atom. The average Bonchev–Trinajstić information content (AvgIpc) is 3.85. The third-order valence-corrected chi connectivity index (χ3v) is 14.9. The fraction of sp³-hybridized carbons (Fsp3) is 0.476. The van der Waals surface area contributed by atoms with Crippen LogP contribution >= 0.6 is 11.8 Å². The second kappa shape index (κ2) is 12.0. The average molecular weight is 767 g/mol. The van der Waals surface area contributed by atoms with Gasteiger partial charge in [0.2, 0.25) is 6.79 Å². The molecule has 55 heavy (non-hydrogen) atoms. The number of aromatic nitrogens is 1. The number of hydrogen-bond acceptors (Lipinski definition) is 12. The molecule has 3 aromatic carbocycles. The van der Waals surface area contributed by atoms with Crippen molar-refractivity contribution in [3.05, 3.63) is 68.9 Å². The number of thioether (sulfide) groups is 1. The summed E-state index contributed by atoms with van der Waals surface area (Å²) in [4.78, 5) is 37.9. The minimum atomic E-state index is -1.22. The number of phenols is 1. The van der Waals surface area contributed by atoms with Gasteiger partial charge < -0.3 is 39.1 Å². The van der Waals surface area contributed by atoms with Gasteiger partial charge in [-0.15, -0.1) is 0 Å². The third-order valence-electron chi connectivity index (χ3n) is 13.7. The van der Waals surface area contributed by atoms with E-state index >= 15 is 4.79 Å². The first-order valence-electron chi connectivity index (χ1n) is 19.0. The molecule has 7 heterocycles. The van der Waals surface area contributed by atoms with Crippen molar-refractivity contribution in [1.82, 2.24) is 20.1 Å². The normalized spacial score (nSPS) is 29.8. The van der Waals surface area contributed by atoms with Crippen LogP contribution in [0.3, 0.4) is 0 Å². The van der Waals surface area contributed by atoms with Crippen LogP contribution in [0, 0.1) is 13.8 Å². The maximum atomic E-state index is 16.4. The summed E-state index contributed by atoms with van der Waals surface area (Å²) in [6, 6.07) is 6.74. The quantitative estimate of drug-likeness (QED) is 0.161. The summed E-state index contributed by atoms with van der Waals surface area (Å²) in [5, 5.41) is 16.7. The number of aromatic amines is 1. The number of nitrogens with one attached hydrogen (secondary N) is 2. The molecular formula is C42H46N4O8S. The zero-order valence-corrected chi connectivity index (χ0v) is 33.1. The van der Waals surface area contributed by atoms with Crippen LogP contribution in [0.4, 0.5) is 0 Å². The summed E-state index contributed by atoms with van der Waals surface area (Å²) in [6.07, 6.45) is 3.69. The highest BCUT2D eigenvalue weighted by Gasteiger charge is 2.76. The molecule has 4 aromatic rings. The van der Waals surface area contributed by atoms with E-state index in [0.29, 0.717) is 40.7 Å². The summed E-state index contributed by atoms with van der Waals surface area (Å²) >= 11 is 1.62. The number of esters is 1. The number of carbonyl (C=O) groups is 2. The molecule has 0 saturated carbocycles. The number of phenolic OH excluding ortho intramolecular Hbond substituents is 1. The highest BCUT2D eigenvalue weighted by Crippen LogP contribution is 2.76. The molecular weight excluding hydrogens is 721 g/mol. The molecule has 11 rings (SSSR count). The van der Waals surface area contributed by atoms with Gasteiger partial charge in [-0.3, -0.25) is 19.4 Å². The van der Waals surface area contributed by atoms with Gasteiger partial charge in [0.05, 0.1) is 31.7 Å². The van der Waals surface area contributed by atoms with Crippen molar-refractivity contribution in [2.75, 3.05) is 40.9 Å². The molecule has 2 fully saturated rings. The van der Waals surface area contributed by atoms with Gasteiger partial charge in [0.25, 0.3) is 0 Å². The van der Waals surface area contributed by atoms with Crippen LogP contribution in [0.2, 0.25) is 0 Å². The molecule has 288 valence electrons. The molecule has 0 spiro atoms. The first-order chi connectivity index (χ1) is 26.5. The SMILES string of the molecule is COc1ccc2[nH]c3c(c2c1)CCN[C@H]3C(=O)[C@]12c3c(OC(C)=O)c(C)c4c(c3[C@@H]1N1[C@H](c3c(cc(C)c(OC)c3O)C3C[C@H]([C@@H]1C)N3C)[C@@H]2SC)OCO4. The van der Waals surface area contributed by atoms with Gasteiger partial charge in [-0.25, -0.2) is 0 Å². The number of nitrogens with zero attached hydrogens (tertiary/aromatic N) is 2. The summed E-state index contributed by atoms with van der Waals surface area (Å²) in [5.41, 5.74) is 6.43. The predicted octanol–water partition coefficient (Wildman–Crippen LogP) is 5.85. The van der Waals surface area contributed by atoms with E-state index < -0.39 is 34.8 Å². The second-order valence-corrected chi connectivity index (χ2v) is 16.9. The number of Topliss-reactive ketones (excluding diaryl/α,β-unsaturated/α-hetero) is 1. The van der Waals surface area contributed by atoms with Crippen LogP contribution in [-0.4, -0.2) is 89.8 Å². The molecule has 6 aliphatic heterocycles.